The molecule has 0 aromatic carbocycles. The standard InChI is InChI=1S/C17H23N5O3/c1-25-11-15(23)20-14-8-19-22(10-14)9-13-2-6-21(7-3-13)16(24)17(12-18)4-5-17/h8,10,13H,2-7,9,11H2,1H3,(H,20,23). The van der Waals surface area contributed by atoms with Crippen molar-refractivity contribution in [2.75, 3.05) is 32.1 Å². The minimum Gasteiger partial charge on any atom is -0.375 e. The molecule has 0 spiro atoms. The Labute approximate surface area is 146 Å². The second-order valence-electron chi connectivity index (χ2n) is 6.86. The van der Waals surface area contributed by atoms with E-state index in [1.807, 2.05) is 9.58 Å². The minimum absolute atomic E-state index is 0.00989. The lowest BCUT2D eigenvalue weighted by atomic mass is 9.95. The molecule has 0 radical (unpaired) electrons. The summed E-state index contributed by atoms with van der Waals surface area (Å²) in [6, 6.07) is 2.18. The lowest BCUT2D eigenvalue weighted by Crippen LogP contribution is -2.42. The van der Waals surface area contributed by atoms with E-state index in [9.17, 15) is 9.59 Å². The second kappa shape index (κ2) is 7.23. The molecule has 1 N–H and O–H groups in total. The number of methoxy groups -OCH3 is 1. The normalized spacial score (nSPS) is 19.3. The number of hydrogen-bond acceptors (Lipinski definition) is 5. The Morgan fingerprint density at radius 3 is 2.76 bits per heavy atom. The van der Waals surface area contributed by atoms with Crippen LogP contribution in [0.1, 0.15) is 25.7 Å². The van der Waals surface area contributed by atoms with Gasteiger partial charge in [-0.25, -0.2) is 0 Å². The zero-order chi connectivity index (χ0) is 17.9. The molecule has 25 heavy (non-hydrogen) atoms. The molecule has 0 atom stereocenters. The van der Waals surface area contributed by atoms with Crippen molar-refractivity contribution < 1.29 is 14.3 Å². The molecular weight excluding hydrogens is 322 g/mol. The van der Waals surface area contributed by atoms with Crippen molar-refractivity contribution in [3.05, 3.63) is 12.4 Å². The summed E-state index contributed by atoms with van der Waals surface area (Å²) in [7, 11) is 1.47. The summed E-state index contributed by atoms with van der Waals surface area (Å²) in [6.45, 7) is 2.17. The van der Waals surface area contributed by atoms with Gasteiger partial charge in [0, 0.05) is 32.9 Å². The molecule has 2 heterocycles. The number of carbonyl (C=O) groups is 2. The van der Waals surface area contributed by atoms with E-state index in [1.165, 1.54) is 7.11 Å². The van der Waals surface area contributed by atoms with Gasteiger partial charge in [-0.05, 0) is 31.6 Å². The molecule has 1 aromatic heterocycles. The Morgan fingerprint density at radius 1 is 1.44 bits per heavy atom. The first-order chi connectivity index (χ1) is 12.1. The van der Waals surface area contributed by atoms with Crippen LogP contribution in [0.3, 0.4) is 0 Å². The summed E-state index contributed by atoms with van der Waals surface area (Å²) in [4.78, 5) is 25.7. The van der Waals surface area contributed by atoms with E-state index in [0.29, 0.717) is 37.5 Å². The number of nitriles is 1. The fourth-order valence-corrected chi connectivity index (χ4v) is 3.24. The number of rotatable bonds is 6. The smallest absolute Gasteiger partial charge is 0.250 e. The third-order valence-electron chi connectivity index (χ3n) is 4.91. The third kappa shape index (κ3) is 3.99. The highest BCUT2D eigenvalue weighted by molar-refractivity contribution is 5.91. The van der Waals surface area contributed by atoms with Crippen molar-refractivity contribution in [1.29, 1.82) is 5.26 Å². The summed E-state index contributed by atoms with van der Waals surface area (Å²) < 4.78 is 6.60. The van der Waals surface area contributed by atoms with Crippen molar-refractivity contribution in [3.63, 3.8) is 0 Å². The highest BCUT2D eigenvalue weighted by Crippen LogP contribution is 2.46. The molecule has 1 aliphatic heterocycles. The quantitative estimate of drug-likeness (QED) is 0.829. The molecule has 1 saturated heterocycles. The molecule has 1 aromatic rings. The van der Waals surface area contributed by atoms with Crippen LogP contribution >= 0.6 is 0 Å². The molecule has 2 aliphatic rings. The van der Waals surface area contributed by atoms with Gasteiger partial charge in [-0.2, -0.15) is 10.4 Å². The predicted octanol–water partition coefficient (Wildman–Crippen LogP) is 1.01. The molecule has 2 fully saturated rings. The van der Waals surface area contributed by atoms with E-state index < -0.39 is 5.41 Å². The highest BCUT2D eigenvalue weighted by Gasteiger charge is 2.52. The summed E-state index contributed by atoms with van der Waals surface area (Å²) in [5.41, 5.74) is -0.0659. The van der Waals surface area contributed by atoms with Crippen molar-refractivity contribution in [1.82, 2.24) is 14.7 Å². The van der Waals surface area contributed by atoms with Gasteiger partial charge in [-0.15, -0.1) is 0 Å². The molecule has 8 nitrogen and oxygen atoms in total. The van der Waals surface area contributed by atoms with Gasteiger partial charge in [-0.1, -0.05) is 0 Å². The zero-order valence-electron chi connectivity index (χ0n) is 14.4. The van der Waals surface area contributed by atoms with Gasteiger partial charge >= 0.3 is 0 Å². The average molecular weight is 345 g/mol. The number of hydrogen-bond donors (Lipinski definition) is 1. The largest absolute Gasteiger partial charge is 0.375 e. The summed E-state index contributed by atoms with van der Waals surface area (Å²) in [6.07, 6.45) is 6.63. The number of nitrogens with one attached hydrogen (secondary N) is 1. The van der Waals surface area contributed by atoms with Crippen LogP contribution in [0.2, 0.25) is 0 Å². The molecule has 3 rings (SSSR count). The van der Waals surface area contributed by atoms with Crippen LogP contribution in [-0.4, -0.2) is 53.3 Å². The summed E-state index contributed by atoms with van der Waals surface area (Å²) in [5.74, 6) is 0.236. The average Bonchev–Trinajstić information content (AvgIpc) is 3.30. The van der Waals surface area contributed by atoms with Crippen molar-refractivity contribution >= 4 is 17.5 Å². The van der Waals surface area contributed by atoms with E-state index >= 15 is 0 Å². The molecule has 0 bridgehead atoms. The van der Waals surface area contributed by atoms with Crippen LogP contribution in [-0.2, 0) is 20.9 Å². The SMILES string of the molecule is COCC(=O)Nc1cnn(CC2CCN(C(=O)C3(C#N)CC3)CC2)c1. The first kappa shape index (κ1) is 17.4. The monoisotopic (exact) mass is 345 g/mol. The van der Waals surface area contributed by atoms with Crippen molar-refractivity contribution in [3.8, 4) is 6.07 Å². The van der Waals surface area contributed by atoms with Gasteiger partial charge in [-0.3, -0.25) is 14.3 Å². The van der Waals surface area contributed by atoms with Gasteiger partial charge in [0.15, 0.2) is 0 Å². The first-order valence-corrected chi connectivity index (χ1v) is 8.58. The van der Waals surface area contributed by atoms with E-state index in [4.69, 9.17) is 10.00 Å². The number of carbonyl (C=O) groups excluding carboxylic acids is 2. The van der Waals surface area contributed by atoms with Crippen molar-refractivity contribution in [2.45, 2.75) is 32.2 Å². The maximum Gasteiger partial charge on any atom is 0.250 e. The highest BCUT2D eigenvalue weighted by atomic mass is 16.5. The van der Waals surface area contributed by atoms with E-state index in [1.54, 1.807) is 12.4 Å². The Balaban J connectivity index is 1.46. The molecule has 8 heteroatoms. The molecule has 0 unspecified atom stereocenters. The first-order valence-electron chi connectivity index (χ1n) is 8.58. The van der Waals surface area contributed by atoms with Gasteiger partial charge in [0.1, 0.15) is 12.0 Å². The number of amides is 2. The Bertz CT molecular complexity index is 681. The minimum atomic E-state index is -0.718. The van der Waals surface area contributed by atoms with Gasteiger partial charge in [0.05, 0.1) is 18.0 Å². The number of ether oxygens (including phenoxy) is 1. The Hall–Kier alpha value is -2.40. The van der Waals surface area contributed by atoms with E-state index in [0.717, 1.165) is 19.4 Å². The Morgan fingerprint density at radius 2 is 2.16 bits per heavy atom. The van der Waals surface area contributed by atoms with Crippen LogP contribution < -0.4 is 5.32 Å². The number of aromatic nitrogens is 2. The van der Waals surface area contributed by atoms with Gasteiger partial charge in [0.25, 0.3) is 0 Å². The summed E-state index contributed by atoms with van der Waals surface area (Å²) in [5, 5.41) is 16.2. The lowest BCUT2D eigenvalue weighted by molar-refractivity contribution is -0.136. The number of likely N-dealkylation sites (tertiary alicyclic amines) is 1. The van der Waals surface area contributed by atoms with E-state index in [2.05, 4.69) is 16.5 Å². The maximum atomic E-state index is 12.4. The van der Waals surface area contributed by atoms with Crippen LogP contribution in [0.5, 0.6) is 0 Å². The van der Waals surface area contributed by atoms with Crippen LogP contribution in [0, 0.1) is 22.7 Å². The topological polar surface area (TPSA) is 100 Å². The zero-order valence-corrected chi connectivity index (χ0v) is 14.4. The molecular formula is C17H23N5O3. The van der Waals surface area contributed by atoms with Crippen LogP contribution in [0.25, 0.3) is 0 Å². The predicted molar refractivity (Wildman–Crippen MR) is 89.3 cm³/mol. The van der Waals surface area contributed by atoms with Crippen molar-refractivity contribution in [2.24, 2.45) is 11.3 Å². The maximum absolute atomic E-state index is 12.4. The third-order valence-corrected chi connectivity index (χ3v) is 4.91. The number of anilines is 1. The van der Waals surface area contributed by atoms with Crippen LogP contribution in [0.15, 0.2) is 12.4 Å². The molecule has 1 saturated carbocycles. The fraction of sp³-hybridized carbons (Fsp3) is 0.647. The Kier molecular flexibility index (Phi) is 5.04. The summed E-state index contributed by atoms with van der Waals surface area (Å²) >= 11 is 0. The number of nitrogens with zero attached hydrogens (tertiary/aromatic N) is 4. The van der Waals surface area contributed by atoms with Crippen LogP contribution in [0.4, 0.5) is 5.69 Å². The molecule has 1 aliphatic carbocycles. The molecule has 134 valence electrons. The molecule has 2 amide bonds. The second-order valence-corrected chi connectivity index (χ2v) is 6.86. The number of piperidine rings is 1. The van der Waals surface area contributed by atoms with E-state index in [-0.39, 0.29) is 18.4 Å². The lowest BCUT2D eigenvalue weighted by Gasteiger charge is -2.33. The van der Waals surface area contributed by atoms with Gasteiger partial charge in [0.2, 0.25) is 11.8 Å². The van der Waals surface area contributed by atoms with Gasteiger partial charge < -0.3 is 15.0 Å². The fourth-order valence-electron chi connectivity index (χ4n) is 3.24.